The molecule has 0 aliphatic rings. The molecule has 0 amide bonds. The second-order valence-corrected chi connectivity index (χ2v) is 1.58. The van der Waals surface area contributed by atoms with Gasteiger partial charge in [-0.1, -0.05) is 0 Å². The lowest BCUT2D eigenvalue weighted by molar-refractivity contribution is 0.110. The molecule has 4 nitrogen and oxygen atoms in total. The van der Waals surface area contributed by atoms with Crippen LogP contribution in [-0.2, 0) is 4.84 Å². The normalized spacial score (nSPS) is 13.9. The summed E-state index contributed by atoms with van der Waals surface area (Å²) in [5.41, 5.74) is 4.99. The monoisotopic (exact) mass is 120 g/mol. The van der Waals surface area contributed by atoms with Crippen molar-refractivity contribution < 1.29 is 9.94 Å². The van der Waals surface area contributed by atoms with Crippen molar-refractivity contribution in [2.45, 2.75) is 19.1 Å². The summed E-state index contributed by atoms with van der Waals surface area (Å²) in [6.45, 7) is 0.453. The van der Waals surface area contributed by atoms with Crippen molar-refractivity contribution in [1.82, 2.24) is 0 Å². The van der Waals surface area contributed by atoms with E-state index in [4.69, 9.17) is 16.7 Å². The van der Waals surface area contributed by atoms with Gasteiger partial charge in [-0.15, -0.1) is 0 Å². The van der Waals surface area contributed by atoms with E-state index in [0.29, 0.717) is 19.4 Å². The van der Waals surface area contributed by atoms with Gasteiger partial charge in [-0.2, -0.15) is 0 Å². The van der Waals surface area contributed by atoms with Crippen LogP contribution in [0.1, 0.15) is 12.8 Å². The van der Waals surface area contributed by atoms with Gasteiger partial charge in [0.25, 0.3) is 0 Å². The quantitative estimate of drug-likeness (QED) is 0.251. The van der Waals surface area contributed by atoms with Crippen molar-refractivity contribution in [2.75, 3.05) is 6.61 Å². The molecule has 4 heteroatoms. The van der Waals surface area contributed by atoms with Gasteiger partial charge in [0.1, 0.15) is 6.23 Å². The molecule has 1 atom stereocenters. The SMILES string of the molecule is NOCCCC(N)O. The Hall–Kier alpha value is -0.160. The van der Waals surface area contributed by atoms with Crippen molar-refractivity contribution >= 4 is 0 Å². The molecule has 0 spiro atoms. The van der Waals surface area contributed by atoms with Crippen molar-refractivity contribution in [1.29, 1.82) is 0 Å². The first kappa shape index (κ1) is 7.84. The van der Waals surface area contributed by atoms with Crippen molar-refractivity contribution in [2.24, 2.45) is 11.6 Å². The lowest BCUT2D eigenvalue weighted by atomic mass is 10.3. The molecule has 0 aromatic heterocycles. The van der Waals surface area contributed by atoms with E-state index >= 15 is 0 Å². The molecule has 0 heterocycles. The average molecular weight is 120 g/mol. The molecule has 0 saturated carbocycles. The third-order valence-corrected chi connectivity index (χ3v) is 0.762. The molecule has 0 aromatic rings. The van der Waals surface area contributed by atoms with Crippen LogP contribution in [0.2, 0.25) is 0 Å². The number of aliphatic hydroxyl groups is 1. The zero-order chi connectivity index (χ0) is 6.41. The molecular weight excluding hydrogens is 108 g/mol. The first-order chi connectivity index (χ1) is 3.77. The van der Waals surface area contributed by atoms with Crippen LogP contribution < -0.4 is 11.6 Å². The fourth-order valence-corrected chi connectivity index (χ4v) is 0.376. The second-order valence-electron chi connectivity index (χ2n) is 1.58. The lowest BCUT2D eigenvalue weighted by Gasteiger charge is -2.00. The highest BCUT2D eigenvalue weighted by Gasteiger charge is 1.92. The van der Waals surface area contributed by atoms with Crippen LogP contribution in [0.3, 0.4) is 0 Å². The molecule has 50 valence electrons. The fourth-order valence-electron chi connectivity index (χ4n) is 0.376. The second kappa shape index (κ2) is 4.99. The minimum atomic E-state index is -0.731. The maximum atomic E-state index is 8.46. The van der Waals surface area contributed by atoms with Gasteiger partial charge in [0.2, 0.25) is 0 Å². The summed E-state index contributed by atoms with van der Waals surface area (Å²) >= 11 is 0. The topological polar surface area (TPSA) is 81.5 Å². The van der Waals surface area contributed by atoms with Gasteiger partial charge in [0.05, 0.1) is 6.61 Å². The maximum Gasteiger partial charge on any atom is 0.102 e. The van der Waals surface area contributed by atoms with Crippen LogP contribution in [0.4, 0.5) is 0 Å². The summed E-state index contributed by atoms with van der Waals surface area (Å²) < 4.78 is 0. The van der Waals surface area contributed by atoms with Gasteiger partial charge in [-0.25, -0.2) is 5.90 Å². The van der Waals surface area contributed by atoms with E-state index < -0.39 is 6.23 Å². The molecule has 0 rings (SSSR count). The Morgan fingerprint density at radius 1 is 1.62 bits per heavy atom. The Labute approximate surface area is 48.4 Å². The minimum Gasteiger partial charge on any atom is -0.379 e. The molecule has 8 heavy (non-hydrogen) atoms. The van der Waals surface area contributed by atoms with Crippen LogP contribution in [0, 0.1) is 0 Å². The average Bonchev–Trinajstić information content (AvgIpc) is 1.66. The molecule has 0 aromatic carbocycles. The highest BCUT2D eigenvalue weighted by molar-refractivity contribution is 4.42. The molecular formula is C4H12N2O2. The van der Waals surface area contributed by atoms with Gasteiger partial charge in [-0.05, 0) is 12.8 Å². The van der Waals surface area contributed by atoms with Gasteiger partial charge in [-0.3, -0.25) is 0 Å². The molecule has 0 saturated heterocycles. The van der Waals surface area contributed by atoms with E-state index in [-0.39, 0.29) is 0 Å². The molecule has 0 aliphatic heterocycles. The van der Waals surface area contributed by atoms with Crippen molar-refractivity contribution in [3.63, 3.8) is 0 Å². The van der Waals surface area contributed by atoms with Crippen molar-refractivity contribution in [3.8, 4) is 0 Å². The Balaban J connectivity index is 2.72. The zero-order valence-electron chi connectivity index (χ0n) is 4.71. The lowest BCUT2D eigenvalue weighted by Crippen LogP contribution is -2.19. The Morgan fingerprint density at radius 3 is 2.62 bits per heavy atom. The number of rotatable bonds is 4. The van der Waals surface area contributed by atoms with Crippen LogP contribution in [0.5, 0.6) is 0 Å². The number of hydrogen-bond acceptors (Lipinski definition) is 4. The predicted octanol–water partition coefficient (Wildman–Crippen LogP) is -1.07. The summed E-state index contributed by atoms with van der Waals surface area (Å²) in [7, 11) is 0. The van der Waals surface area contributed by atoms with Gasteiger partial charge < -0.3 is 15.7 Å². The van der Waals surface area contributed by atoms with Gasteiger partial charge in [0.15, 0.2) is 0 Å². The summed E-state index contributed by atoms with van der Waals surface area (Å²) in [6.07, 6.45) is 0.510. The maximum absolute atomic E-state index is 8.46. The number of hydrogen-bond donors (Lipinski definition) is 3. The highest BCUT2D eigenvalue weighted by Crippen LogP contribution is 1.88. The third kappa shape index (κ3) is 5.84. The standard InChI is InChI=1S/C4H12N2O2/c5-4(7)2-1-3-8-6/h4,7H,1-3,5-6H2. The minimum absolute atomic E-state index is 0.453. The van der Waals surface area contributed by atoms with E-state index in [1.54, 1.807) is 0 Å². The van der Waals surface area contributed by atoms with E-state index in [0.717, 1.165) is 0 Å². The number of nitrogens with two attached hydrogens (primary N) is 2. The molecule has 0 radical (unpaired) electrons. The molecule has 1 unspecified atom stereocenters. The third-order valence-electron chi connectivity index (χ3n) is 0.762. The predicted molar refractivity (Wildman–Crippen MR) is 29.6 cm³/mol. The number of aliphatic hydroxyl groups excluding tert-OH is 1. The van der Waals surface area contributed by atoms with E-state index in [9.17, 15) is 0 Å². The van der Waals surface area contributed by atoms with E-state index in [1.807, 2.05) is 0 Å². The van der Waals surface area contributed by atoms with E-state index in [1.165, 1.54) is 0 Å². The zero-order valence-corrected chi connectivity index (χ0v) is 4.71. The highest BCUT2D eigenvalue weighted by atomic mass is 16.6. The fraction of sp³-hybridized carbons (Fsp3) is 1.00. The van der Waals surface area contributed by atoms with Crippen molar-refractivity contribution in [3.05, 3.63) is 0 Å². The first-order valence-corrected chi connectivity index (χ1v) is 2.52. The molecule has 0 aliphatic carbocycles. The van der Waals surface area contributed by atoms with Crippen LogP contribution >= 0.6 is 0 Å². The summed E-state index contributed by atoms with van der Waals surface area (Å²) in [6, 6.07) is 0. The first-order valence-electron chi connectivity index (χ1n) is 2.52. The summed E-state index contributed by atoms with van der Waals surface area (Å²) in [5.74, 6) is 4.69. The smallest absolute Gasteiger partial charge is 0.102 e. The van der Waals surface area contributed by atoms with Gasteiger partial charge in [0, 0.05) is 0 Å². The Bertz CT molecular complexity index is 49.3. The van der Waals surface area contributed by atoms with Gasteiger partial charge >= 0.3 is 0 Å². The molecule has 0 bridgehead atoms. The van der Waals surface area contributed by atoms with E-state index in [2.05, 4.69) is 4.84 Å². The molecule has 5 N–H and O–H groups in total. The summed E-state index contributed by atoms with van der Waals surface area (Å²) in [5, 5.41) is 8.46. The summed E-state index contributed by atoms with van der Waals surface area (Å²) in [4.78, 5) is 4.23. The Morgan fingerprint density at radius 2 is 2.25 bits per heavy atom. The van der Waals surface area contributed by atoms with Crippen LogP contribution in [0.15, 0.2) is 0 Å². The molecule has 0 fully saturated rings. The Kier molecular flexibility index (Phi) is 4.89. The van der Waals surface area contributed by atoms with Crippen LogP contribution in [0.25, 0.3) is 0 Å². The largest absolute Gasteiger partial charge is 0.379 e. The van der Waals surface area contributed by atoms with Crippen LogP contribution in [-0.4, -0.2) is 17.9 Å².